The van der Waals surface area contributed by atoms with Crippen molar-refractivity contribution in [3.63, 3.8) is 0 Å². The molecule has 0 spiro atoms. The fourth-order valence-electron chi connectivity index (χ4n) is 4.99. The van der Waals surface area contributed by atoms with Crippen LogP contribution in [0.25, 0.3) is 11.1 Å². The van der Waals surface area contributed by atoms with E-state index in [2.05, 4.69) is 29.6 Å². The number of carboxylic acids is 1. The number of hydrogen-bond donors (Lipinski definition) is 2. The van der Waals surface area contributed by atoms with Gasteiger partial charge in [-0.25, -0.2) is 4.79 Å². The van der Waals surface area contributed by atoms with Crippen molar-refractivity contribution >= 4 is 18.0 Å². The highest BCUT2D eigenvalue weighted by Gasteiger charge is 2.39. The molecule has 2 aromatic carbocycles. The summed E-state index contributed by atoms with van der Waals surface area (Å²) >= 11 is 0. The Bertz CT molecular complexity index is 1060. The summed E-state index contributed by atoms with van der Waals surface area (Å²) in [5, 5.41) is 12.2. The van der Waals surface area contributed by atoms with Crippen LogP contribution in [0.4, 0.5) is 4.79 Å². The summed E-state index contributed by atoms with van der Waals surface area (Å²) in [6, 6.07) is 15.5. The van der Waals surface area contributed by atoms with E-state index < -0.39 is 23.5 Å². The molecular formula is C27H33N3O5. The molecule has 1 aliphatic carbocycles. The Morgan fingerprint density at radius 3 is 2.11 bits per heavy atom. The standard InChI is InChI=1S/C27H33N3O5/c1-27(25(32)33)12-14-30(15-13-27)24(31)23(16-29(2)3)28-26(34)35-17-22-20-10-6-4-8-18(20)19-9-5-7-11-21(19)22/h4-11,22-23H,12-17H2,1-3H3,(H,28,34)(H,32,33)/t23-/m0/s1. The lowest BCUT2D eigenvalue weighted by molar-refractivity contribution is -0.153. The molecule has 8 heteroatoms. The number of nitrogens with one attached hydrogen (secondary N) is 1. The van der Waals surface area contributed by atoms with Gasteiger partial charge in [0.1, 0.15) is 12.6 Å². The van der Waals surface area contributed by atoms with Gasteiger partial charge in [-0.2, -0.15) is 0 Å². The van der Waals surface area contributed by atoms with Gasteiger partial charge in [0.05, 0.1) is 5.41 Å². The number of carboxylic acid groups (broad SMARTS) is 1. The number of benzene rings is 2. The molecule has 0 bridgehead atoms. The molecule has 1 fully saturated rings. The summed E-state index contributed by atoms with van der Waals surface area (Å²) in [6.45, 7) is 2.89. The fraction of sp³-hybridized carbons (Fsp3) is 0.444. The van der Waals surface area contributed by atoms with Crippen molar-refractivity contribution < 1.29 is 24.2 Å². The molecule has 1 saturated heterocycles. The molecule has 35 heavy (non-hydrogen) atoms. The second-order valence-electron chi connectivity index (χ2n) is 9.98. The maximum Gasteiger partial charge on any atom is 0.407 e. The minimum atomic E-state index is -0.841. The number of carbonyl (C=O) groups is 3. The van der Waals surface area contributed by atoms with Gasteiger partial charge in [0.15, 0.2) is 0 Å². The SMILES string of the molecule is CN(C)C[C@H](NC(=O)OCC1c2ccccc2-c2ccccc21)C(=O)N1CCC(C)(C(=O)O)CC1. The second kappa shape index (κ2) is 10.1. The minimum Gasteiger partial charge on any atom is -0.481 e. The second-order valence-corrected chi connectivity index (χ2v) is 9.98. The molecule has 4 rings (SSSR count). The summed E-state index contributed by atoms with van der Waals surface area (Å²) in [4.78, 5) is 41.0. The Kier molecular flexibility index (Phi) is 7.12. The summed E-state index contributed by atoms with van der Waals surface area (Å²) in [5.41, 5.74) is 3.72. The maximum atomic E-state index is 13.2. The Balaban J connectivity index is 1.40. The first-order valence-electron chi connectivity index (χ1n) is 12.0. The number of likely N-dealkylation sites (tertiary alicyclic amines) is 1. The number of carbonyl (C=O) groups excluding carboxylic acids is 2. The average Bonchev–Trinajstić information content (AvgIpc) is 3.16. The molecule has 2 aliphatic rings. The van der Waals surface area contributed by atoms with Gasteiger partial charge in [0, 0.05) is 25.6 Å². The van der Waals surface area contributed by atoms with Crippen LogP contribution in [0.3, 0.4) is 0 Å². The van der Waals surface area contributed by atoms with Gasteiger partial charge < -0.3 is 25.0 Å². The number of aliphatic carboxylic acids is 1. The number of alkyl carbamates (subject to hydrolysis) is 1. The number of hydrogen-bond acceptors (Lipinski definition) is 5. The number of ether oxygens (including phenoxy) is 1. The van der Waals surface area contributed by atoms with Crippen LogP contribution in [0.1, 0.15) is 36.8 Å². The zero-order valence-electron chi connectivity index (χ0n) is 20.5. The molecule has 2 aromatic rings. The van der Waals surface area contributed by atoms with Gasteiger partial charge in [-0.15, -0.1) is 0 Å². The molecule has 1 heterocycles. The Hall–Kier alpha value is -3.39. The fourth-order valence-corrected chi connectivity index (χ4v) is 4.99. The van der Waals surface area contributed by atoms with Crippen molar-refractivity contribution in [2.75, 3.05) is 40.3 Å². The lowest BCUT2D eigenvalue weighted by Crippen LogP contribution is -2.55. The first-order chi connectivity index (χ1) is 16.7. The molecule has 0 unspecified atom stereocenters. The third kappa shape index (κ3) is 5.17. The van der Waals surface area contributed by atoms with Crippen LogP contribution in [0.15, 0.2) is 48.5 Å². The highest BCUT2D eigenvalue weighted by Crippen LogP contribution is 2.44. The van der Waals surface area contributed by atoms with Crippen molar-refractivity contribution in [3.8, 4) is 11.1 Å². The van der Waals surface area contributed by atoms with E-state index in [-0.39, 0.29) is 18.4 Å². The van der Waals surface area contributed by atoms with Crippen molar-refractivity contribution in [2.45, 2.75) is 31.7 Å². The van der Waals surface area contributed by atoms with E-state index in [1.54, 1.807) is 11.8 Å². The van der Waals surface area contributed by atoms with Crippen molar-refractivity contribution in [2.24, 2.45) is 5.41 Å². The third-order valence-corrected chi connectivity index (χ3v) is 7.18. The Labute approximate surface area is 205 Å². The van der Waals surface area contributed by atoms with Crippen molar-refractivity contribution in [1.29, 1.82) is 0 Å². The summed E-state index contributed by atoms with van der Waals surface area (Å²) in [5.74, 6) is -1.13. The molecular weight excluding hydrogens is 446 g/mol. The largest absolute Gasteiger partial charge is 0.481 e. The van der Waals surface area contributed by atoms with Crippen LogP contribution in [-0.4, -0.2) is 79.3 Å². The quantitative estimate of drug-likeness (QED) is 0.633. The molecule has 2 amide bonds. The van der Waals surface area contributed by atoms with E-state index in [9.17, 15) is 19.5 Å². The molecule has 186 valence electrons. The average molecular weight is 480 g/mol. The molecule has 1 atom stereocenters. The normalized spacial score (nSPS) is 17.4. The number of fused-ring (bicyclic) bond motifs is 3. The predicted octanol–water partition coefficient (Wildman–Crippen LogP) is 3.17. The van der Waals surface area contributed by atoms with Crippen LogP contribution in [0, 0.1) is 5.41 Å². The monoisotopic (exact) mass is 479 g/mol. The first-order valence-corrected chi connectivity index (χ1v) is 12.0. The van der Waals surface area contributed by atoms with E-state index in [4.69, 9.17) is 4.74 Å². The van der Waals surface area contributed by atoms with E-state index in [1.807, 2.05) is 43.3 Å². The van der Waals surface area contributed by atoms with Gasteiger partial charge in [-0.05, 0) is 56.1 Å². The molecule has 1 aliphatic heterocycles. The van der Waals surface area contributed by atoms with Gasteiger partial charge in [0.2, 0.25) is 5.91 Å². The van der Waals surface area contributed by atoms with Crippen molar-refractivity contribution in [1.82, 2.24) is 15.1 Å². The van der Waals surface area contributed by atoms with Gasteiger partial charge in [0.25, 0.3) is 0 Å². The van der Waals surface area contributed by atoms with Crippen LogP contribution in [0.5, 0.6) is 0 Å². The van der Waals surface area contributed by atoms with Crippen LogP contribution in [-0.2, 0) is 14.3 Å². The van der Waals surface area contributed by atoms with Crippen LogP contribution < -0.4 is 5.32 Å². The van der Waals surface area contributed by atoms with Gasteiger partial charge >= 0.3 is 12.1 Å². The third-order valence-electron chi connectivity index (χ3n) is 7.18. The maximum absolute atomic E-state index is 13.2. The lowest BCUT2D eigenvalue weighted by atomic mass is 9.80. The van der Waals surface area contributed by atoms with E-state index in [0.29, 0.717) is 32.5 Å². The zero-order chi connectivity index (χ0) is 25.2. The lowest BCUT2D eigenvalue weighted by Gasteiger charge is -2.38. The number of likely N-dealkylation sites (N-methyl/N-ethyl adjacent to an activating group) is 1. The Morgan fingerprint density at radius 2 is 1.60 bits per heavy atom. The number of amides is 2. The molecule has 2 N–H and O–H groups in total. The zero-order valence-corrected chi connectivity index (χ0v) is 20.5. The predicted molar refractivity (Wildman–Crippen MR) is 132 cm³/mol. The highest BCUT2D eigenvalue weighted by molar-refractivity contribution is 5.86. The van der Waals surface area contributed by atoms with E-state index in [0.717, 1.165) is 22.3 Å². The molecule has 8 nitrogen and oxygen atoms in total. The smallest absolute Gasteiger partial charge is 0.407 e. The highest BCUT2D eigenvalue weighted by atomic mass is 16.5. The summed E-state index contributed by atoms with van der Waals surface area (Å²) in [6.07, 6.45) is 0.126. The number of nitrogens with zero attached hydrogens (tertiary/aromatic N) is 2. The van der Waals surface area contributed by atoms with E-state index >= 15 is 0 Å². The summed E-state index contributed by atoms with van der Waals surface area (Å²) in [7, 11) is 3.66. The Morgan fingerprint density at radius 1 is 1.06 bits per heavy atom. The first kappa shape index (κ1) is 24.7. The number of piperidine rings is 1. The molecule has 0 radical (unpaired) electrons. The van der Waals surface area contributed by atoms with Crippen LogP contribution in [0.2, 0.25) is 0 Å². The van der Waals surface area contributed by atoms with Crippen molar-refractivity contribution in [3.05, 3.63) is 59.7 Å². The molecule has 0 aromatic heterocycles. The summed E-state index contributed by atoms with van der Waals surface area (Å²) < 4.78 is 5.64. The minimum absolute atomic E-state index is 0.0630. The van der Waals surface area contributed by atoms with Crippen LogP contribution >= 0.6 is 0 Å². The van der Waals surface area contributed by atoms with Gasteiger partial charge in [-0.3, -0.25) is 9.59 Å². The van der Waals surface area contributed by atoms with Gasteiger partial charge in [-0.1, -0.05) is 48.5 Å². The van der Waals surface area contributed by atoms with E-state index in [1.165, 1.54) is 0 Å². The molecule has 0 saturated carbocycles. The topological polar surface area (TPSA) is 99.2 Å². The number of rotatable bonds is 7.